The molecule has 3 aromatic rings. The third-order valence-corrected chi connectivity index (χ3v) is 3.84. The van der Waals surface area contributed by atoms with E-state index in [0.717, 1.165) is 34.9 Å². The summed E-state index contributed by atoms with van der Waals surface area (Å²) in [5, 5.41) is 0. The van der Waals surface area contributed by atoms with Gasteiger partial charge in [-0.15, -0.1) is 0 Å². The Morgan fingerprint density at radius 2 is 1.70 bits per heavy atom. The SMILES string of the molecule is COc1ccc(OCCn2c(C(C)C)nc3ccccc32)cc1. The van der Waals surface area contributed by atoms with Gasteiger partial charge in [0.15, 0.2) is 0 Å². The Kier molecular flexibility index (Phi) is 4.51. The first-order valence-electron chi connectivity index (χ1n) is 7.91. The number of aromatic nitrogens is 2. The van der Waals surface area contributed by atoms with Crippen LogP contribution in [0.3, 0.4) is 0 Å². The average Bonchev–Trinajstić information content (AvgIpc) is 2.95. The van der Waals surface area contributed by atoms with Gasteiger partial charge in [0.2, 0.25) is 0 Å². The molecule has 0 unspecified atom stereocenters. The van der Waals surface area contributed by atoms with Crippen molar-refractivity contribution in [1.29, 1.82) is 0 Å². The van der Waals surface area contributed by atoms with Crippen molar-refractivity contribution >= 4 is 11.0 Å². The van der Waals surface area contributed by atoms with Gasteiger partial charge in [-0.1, -0.05) is 26.0 Å². The third kappa shape index (κ3) is 3.31. The second kappa shape index (κ2) is 6.73. The molecule has 0 aliphatic carbocycles. The van der Waals surface area contributed by atoms with E-state index in [1.54, 1.807) is 7.11 Å². The summed E-state index contributed by atoms with van der Waals surface area (Å²) < 4.78 is 13.3. The molecule has 0 bridgehead atoms. The van der Waals surface area contributed by atoms with Crippen molar-refractivity contribution in [3.05, 3.63) is 54.4 Å². The molecule has 0 spiro atoms. The van der Waals surface area contributed by atoms with Gasteiger partial charge in [-0.05, 0) is 36.4 Å². The predicted octanol–water partition coefficient (Wildman–Crippen LogP) is 4.25. The molecule has 0 saturated carbocycles. The van der Waals surface area contributed by atoms with Gasteiger partial charge in [-0.25, -0.2) is 4.98 Å². The molecule has 0 amide bonds. The smallest absolute Gasteiger partial charge is 0.119 e. The molecule has 0 fully saturated rings. The van der Waals surface area contributed by atoms with Crippen LogP contribution >= 0.6 is 0 Å². The summed E-state index contributed by atoms with van der Waals surface area (Å²) in [5.41, 5.74) is 2.20. The van der Waals surface area contributed by atoms with Crippen LogP contribution in [0.1, 0.15) is 25.6 Å². The molecule has 4 nitrogen and oxygen atoms in total. The van der Waals surface area contributed by atoms with Crippen LogP contribution in [0.25, 0.3) is 11.0 Å². The van der Waals surface area contributed by atoms with Gasteiger partial charge >= 0.3 is 0 Å². The molecule has 0 aliphatic rings. The van der Waals surface area contributed by atoms with Crippen LogP contribution in [0.2, 0.25) is 0 Å². The van der Waals surface area contributed by atoms with Crippen LogP contribution in [-0.2, 0) is 6.54 Å². The van der Waals surface area contributed by atoms with Gasteiger partial charge in [0.25, 0.3) is 0 Å². The van der Waals surface area contributed by atoms with E-state index in [-0.39, 0.29) is 0 Å². The Balaban J connectivity index is 1.74. The average molecular weight is 310 g/mol. The summed E-state index contributed by atoms with van der Waals surface area (Å²) >= 11 is 0. The maximum absolute atomic E-state index is 5.86. The Bertz CT molecular complexity index is 776. The monoisotopic (exact) mass is 310 g/mol. The zero-order chi connectivity index (χ0) is 16.2. The van der Waals surface area contributed by atoms with E-state index < -0.39 is 0 Å². The molecule has 0 aliphatic heterocycles. The van der Waals surface area contributed by atoms with E-state index in [9.17, 15) is 0 Å². The first-order chi connectivity index (χ1) is 11.2. The molecule has 0 N–H and O–H groups in total. The molecule has 4 heteroatoms. The molecule has 1 heterocycles. The van der Waals surface area contributed by atoms with Crippen molar-refractivity contribution in [2.75, 3.05) is 13.7 Å². The molecule has 0 radical (unpaired) electrons. The highest BCUT2D eigenvalue weighted by molar-refractivity contribution is 5.76. The molecular formula is C19H22N2O2. The molecule has 2 aromatic carbocycles. The number of hydrogen-bond donors (Lipinski definition) is 0. The van der Waals surface area contributed by atoms with Crippen LogP contribution in [0.4, 0.5) is 0 Å². The van der Waals surface area contributed by atoms with Crippen molar-refractivity contribution in [1.82, 2.24) is 9.55 Å². The summed E-state index contributed by atoms with van der Waals surface area (Å²) in [7, 11) is 1.66. The number of rotatable bonds is 6. The fraction of sp³-hybridized carbons (Fsp3) is 0.316. The van der Waals surface area contributed by atoms with Crippen LogP contribution in [-0.4, -0.2) is 23.3 Å². The van der Waals surface area contributed by atoms with E-state index in [1.165, 1.54) is 0 Å². The van der Waals surface area contributed by atoms with E-state index in [2.05, 4.69) is 36.6 Å². The normalized spacial score (nSPS) is 11.1. The van der Waals surface area contributed by atoms with Crippen LogP contribution < -0.4 is 9.47 Å². The Morgan fingerprint density at radius 3 is 2.39 bits per heavy atom. The highest BCUT2D eigenvalue weighted by Crippen LogP contribution is 2.22. The van der Waals surface area contributed by atoms with Gasteiger partial charge in [0, 0.05) is 5.92 Å². The molecule has 0 atom stereocenters. The largest absolute Gasteiger partial charge is 0.497 e. The Morgan fingerprint density at radius 1 is 1.00 bits per heavy atom. The first kappa shape index (κ1) is 15.4. The third-order valence-electron chi connectivity index (χ3n) is 3.84. The van der Waals surface area contributed by atoms with Gasteiger partial charge in [-0.3, -0.25) is 0 Å². The van der Waals surface area contributed by atoms with Gasteiger partial charge in [-0.2, -0.15) is 0 Å². The zero-order valence-corrected chi connectivity index (χ0v) is 13.8. The number of para-hydroxylation sites is 2. The minimum atomic E-state index is 0.378. The number of imidazole rings is 1. The van der Waals surface area contributed by atoms with E-state index in [1.807, 2.05) is 30.3 Å². The number of nitrogens with zero attached hydrogens (tertiary/aromatic N) is 2. The van der Waals surface area contributed by atoms with Crippen LogP contribution in [0.5, 0.6) is 11.5 Å². The maximum Gasteiger partial charge on any atom is 0.119 e. The fourth-order valence-electron chi connectivity index (χ4n) is 2.70. The van der Waals surface area contributed by atoms with E-state index in [0.29, 0.717) is 12.5 Å². The minimum absolute atomic E-state index is 0.378. The molecule has 23 heavy (non-hydrogen) atoms. The molecular weight excluding hydrogens is 288 g/mol. The minimum Gasteiger partial charge on any atom is -0.497 e. The summed E-state index contributed by atoms with van der Waals surface area (Å²) in [6.07, 6.45) is 0. The summed E-state index contributed by atoms with van der Waals surface area (Å²) in [6, 6.07) is 15.9. The van der Waals surface area contributed by atoms with Crippen LogP contribution in [0, 0.1) is 0 Å². The van der Waals surface area contributed by atoms with E-state index in [4.69, 9.17) is 14.5 Å². The second-order valence-electron chi connectivity index (χ2n) is 5.79. The standard InChI is InChI=1S/C19H22N2O2/c1-14(2)19-20-17-6-4-5-7-18(17)21(19)12-13-23-16-10-8-15(22-3)9-11-16/h4-11,14H,12-13H2,1-3H3. The summed E-state index contributed by atoms with van der Waals surface area (Å²) in [4.78, 5) is 4.75. The summed E-state index contributed by atoms with van der Waals surface area (Å²) in [6.45, 7) is 5.72. The van der Waals surface area contributed by atoms with Crippen LogP contribution in [0.15, 0.2) is 48.5 Å². The lowest BCUT2D eigenvalue weighted by Gasteiger charge is -2.12. The van der Waals surface area contributed by atoms with Gasteiger partial charge in [0.1, 0.15) is 23.9 Å². The van der Waals surface area contributed by atoms with Crippen molar-refractivity contribution in [2.24, 2.45) is 0 Å². The fourth-order valence-corrected chi connectivity index (χ4v) is 2.70. The summed E-state index contributed by atoms with van der Waals surface area (Å²) in [5.74, 6) is 3.16. The van der Waals surface area contributed by atoms with Gasteiger partial charge < -0.3 is 14.0 Å². The van der Waals surface area contributed by atoms with E-state index >= 15 is 0 Å². The lowest BCUT2D eigenvalue weighted by atomic mass is 10.2. The Hall–Kier alpha value is -2.49. The number of benzene rings is 2. The first-order valence-corrected chi connectivity index (χ1v) is 7.91. The van der Waals surface area contributed by atoms with Gasteiger partial charge in [0.05, 0.1) is 24.7 Å². The highest BCUT2D eigenvalue weighted by Gasteiger charge is 2.13. The molecule has 0 saturated heterocycles. The zero-order valence-electron chi connectivity index (χ0n) is 13.8. The number of ether oxygens (including phenoxy) is 2. The Labute approximate surface area is 136 Å². The second-order valence-corrected chi connectivity index (χ2v) is 5.79. The molecule has 1 aromatic heterocycles. The van der Waals surface area contributed by atoms with Crippen molar-refractivity contribution in [3.63, 3.8) is 0 Å². The van der Waals surface area contributed by atoms with Crippen molar-refractivity contribution < 1.29 is 9.47 Å². The molecule has 3 rings (SSSR count). The highest BCUT2D eigenvalue weighted by atomic mass is 16.5. The van der Waals surface area contributed by atoms with Crippen molar-refractivity contribution in [3.8, 4) is 11.5 Å². The lowest BCUT2D eigenvalue weighted by Crippen LogP contribution is -2.12. The lowest BCUT2D eigenvalue weighted by molar-refractivity contribution is 0.297. The maximum atomic E-state index is 5.86. The molecule has 120 valence electrons. The number of fused-ring (bicyclic) bond motifs is 1. The number of methoxy groups -OCH3 is 1. The quantitative estimate of drug-likeness (QED) is 0.683. The van der Waals surface area contributed by atoms with Crippen molar-refractivity contribution in [2.45, 2.75) is 26.3 Å². The predicted molar refractivity (Wildman–Crippen MR) is 92.3 cm³/mol. The number of hydrogen-bond acceptors (Lipinski definition) is 3. The topological polar surface area (TPSA) is 36.3 Å².